The van der Waals surface area contributed by atoms with Gasteiger partial charge in [0.15, 0.2) is 0 Å². The van der Waals surface area contributed by atoms with Crippen molar-refractivity contribution in [2.24, 2.45) is 12.9 Å². The molecule has 0 fully saturated rings. The number of hydrogen-bond donors (Lipinski definition) is 2. The van der Waals surface area contributed by atoms with Crippen LogP contribution in [0.3, 0.4) is 0 Å². The van der Waals surface area contributed by atoms with Crippen molar-refractivity contribution in [3.8, 4) is 11.5 Å². The fourth-order valence-electron chi connectivity index (χ4n) is 1.98. The van der Waals surface area contributed by atoms with Gasteiger partial charge in [-0.3, -0.25) is 5.84 Å². The predicted octanol–water partition coefficient (Wildman–Crippen LogP) is 0.990. The van der Waals surface area contributed by atoms with E-state index in [0.717, 1.165) is 22.8 Å². The number of imidazole rings is 1. The second-order valence-electron chi connectivity index (χ2n) is 4.17. The van der Waals surface area contributed by atoms with Crippen LogP contribution in [0.25, 0.3) is 0 Å². The molecule has 1 heterocycles. The topological polar surface area (TPSA) is 74.3 Å². The van der Waals surface area contributed by atoms with Gasteiger partial charge in [-0.1, -0.05) is 0 Å². The van der Waals surface area contributed by atoms with Crippen molar-refractivity contribution in [2.45, 2.75) is 6.04 Å². The molecule has 0 spiro atoms. The van der Waals surface area contributed by atoms with Gasteiger partial charge in [0.05, 0.1) is 32.3 Å². The zero-order chi connectivity index (χ0) is 13.8. The summed E-state index contributed by atoms with van der Waals surface area (Å²) < 4.78 is 12.5. The number of hydrazine groups is 1. The highest BCUT2D eigenvalue weighted by atomic mass is 16.5. The normalized spacial score (nSPS) is 12.2. The van der Waals surface area contributed by atoms with E-state index in [9.17, 15) is 0 Å². The number of ether oxygens (including phenoxy) is 2. The molecule has 0 saturated heterocycles. The number of nitrogens with zero attached hydrogens (tertiary/aromatic N) is 2. The van der Waals surface area contributed by atoms with E-state index >= 15 is 0 Å². The van der Waals surface area contributed by atoms with Crippen molar-refractivity contribution in [2.75, 3.05) is 14.2 Å². The van der Waals surface area contributed by atoms with E-state index in [1.54, 1.807) is 20.5 Å². The minimum atomic E-state index is -0.258. The third kappa shape index (κ3) is 2.69. The van der Waals surface area contributed by atoms with Crippen LogP contribution in [0.5, 0.6) is 11.5 Å². The van der Waals surface area contributed by atoms with Crippen LogP contribution in [-0.4, -0.2) is 23.8 Å². The Morgan fingerprint density at radius 1 is 1.32 bits per heavy atom. The Bertz CT molecular complexity index is 553. The molecule has 0 radical (unpaired) electrons. The molecule has 6 nitrogen and oxygen atoms in total. The first-order valence-corrected chi connectivity index (χ1v) is 5.85. The fraction of sp³-hybridized carbons (Fsp3) is 0.308. The van der Waals surface area contributed by atoms with Gasteiger partial charge in [-0.05, 0) is 18.2 Å². The number of nitrogens with two attached hydrogens (primary N) is 1. The molecule has 1 atom stereocenters. The van der Waals surface area contributed by atoms with Crippen molar-refractivity contribution in [3.05, 3.63) is 42.0 Å². The van der Waals surface area contributed by atoms with Gasteiger partial charge >= 0.3 is 0 Å². The van der Waals surface area contributed by atoms with Gasteiger partial charge in [-0.15, -0.1) is 0 Å². The number of aromatic nitrogens is 2. The molecule has 0 aliphatic carbocycles. The first kappa shape index (κ1) is 13.4. The standard InChI is InChI=1S/C13H18N4O2/c1-17-7-11(15-8-17)13(16-14)10-6-9(18-2)4-5-12(10)19-3/h4-8,13,16H,14H2,1-3H3. The summed E-state index contributed by atoms with van der Waals surface area (Å²) in [5.74, 6) is 7.14. The van der Waals surface area contributed by atoms with Gasteiger partial charge in [0.25, 0.3) is 0 Å². The van der Waals surface area contributed by atoms with Crippen molar-refractivity contribution in [1.82, 2.24) is 15.0 Å². The van der Waals surface area contributed by atoms with Crippen LogP contribution >= 0.6 is 0 Å². The molecule has 1 aromatic carbocycles. The Kier molecular flexibility index (Phi) is 4.03. The molecule has 2 rings (SSSR count). The van der Waals surface area contributed by atoms with Crippen LogP contribution < -0.4 is 20.7 Å². The lowest BCUT2D eigenvalue weighted by Crippen LogP contribution is -2.29. The van der Waals surface area contributed by atoms with Gasteiger partial charge in [0.2, 0.25) is 0 Å². The average Bonchev–Trinajstić information content (AvgIpc) is 2.86. The van der Waals surface area contributed by atoms with E-state index in [4.69, 9.17) is 15.3 Å². The van der Waals surface area contributed by atoms with Gasteiger partial charge in [-0.2, -0.15) is 0 Å². The number of methoxy groups -OCH3 is 2. The van der Waals surface area contributed by atoms with E-state index in [-0.39, 0.29) is 6.04 Å². The number of nitrogens with one attached hydrogen (secondary N) is 1. The van der Waals surface area contributed by atoms with E-state index in [2.05, 4.69) is 10.4 Å². The first-order valence-electron chi connectivity index (χ1n) is 5.85. The highest BCUT2D eigenvalue weighted by molar-refractivity contribution is 5.44. The number of rotatable bonds is 5. The summed E-state index contributed by atoms with van der Waals surface area (Å²) in [5.41, 5.74) is 4.46. The van der Waals surface area contributed by atoms with E-state index in [0.29, 0.717) is 0 Å². The summed E-state index contributed by atoms with van der Waals surface area (Å²) in [5, 5.41) is 0. The lowest BCUT2D eigenvalue weighted by atomic mass is 10.0. The third-order valence-electron chi connectivity index (χ3n) is 2.94. The van der Waals surface area contributed by atoms with Crippen LogP contribution in [0.15, 0.2) is 30.7 Å². The second kappa shape index (κ2) is 5.73. The Hall–Kier alpha value is -2.05. The maximum absolute atomic E-state index is 5.67. The fourth-order valence-corrected chi connectivity index (χ4v) is 1.98. The number of aryl methyl sites for hydroxylation is 1. The van der Waals surface area contributed by atoms with Gasteiger partial charge < -0.3 is 14.0 Å². The zero-order valence-electron chi connectivity index (χ0n) is 11.3. The van der Waals surface area contributed by atoms with Crippen molar-refractivity contribution >= 4 is 0 Å². The van der Waals surface area contributed by atoms with Crippen LogP contribution in [0.4, 0.5) is 0 Å². The summed E-state index contributed by atoms with van der Waals surface area (Å²) in [6.45, 7) is 0. The Morgan fingerprint density at radius 2 is 2.11 bits per heavy atom. The molecule has 0 aliphatic heterocycles. The highest BCUT2D eigenvalue weighted by Gasteiger charge is 2.20. The molecule has 0 amide bonds. The highest BCUT2D eigenvalue weighted by Crippen LogP contribution is 2.31. The van der Waals surface area contributed by atoms with Crippen molar-refractivity contribution < 1.29 is 9.47 Å². The average molecular weight is 262 g/mol. The molecule has 6 heteroatoms. The molecule has 0 aliphatic rings. The smallest absolute Gasteiger partial charge is 0.124 e. The zero-order valence-corrected chi connectivity index (χ0v) is 11.3. The quantitative estimate of drug-likeness (QED) is 0.621. The molecule has 3 N–H and O–H groups in total. The molecule has 19 heavy (non-hydrogen) atoms. The molecule has 1 unspecified atom stereocenters. The van der Waals surface area contributed by atoms with Gasteiger partial charge in [0.1, 0.15) is 11.5 Å². The first-order chi connectivity index (χ1) is 9.19. The maximum atomic E-state index is 5.67. The van der Waals surface area contributed by atoms with Crippen LogP contribution in [0, 0.1) is 0 Å². The maximum Gasteiger partial charge on any atom is 0.124 e. The molecular formula is C13H18N4O2. The van der Waals surface area contributed by atoms with E-state index in [1.807, 2.05) is 36.0 Å². The van der Waals surface area contributed by atoms with E-state index < -0.39 is 0 Å². The summed E-state index contributed by atoms with van der Waals surface area (Å²) >= 11 is 0. The summed E-state index contributed by atoms with van der Waals surface area (Å²) in [6.07, 6.45) is 3.63. The molecule has 1 aromatic heterocycles. The molecular weight excluding hydrogens is 244 g/mol. The van der Waals surface area contributed by atoms with Crippen LogP contribution in [0.2, 0.25) is 0 Å². The lowest BCUT2D eigenvalue weighted by molar-refractivity contribution is 0.393. The van der Waals surface area contributed by atoms with Crippen molar-refractivity contribution in [3.63, 3.8) is 0 Å². The molecule has 0 bridgehead atoms. The van der Waals surface area contributed by atoms with Gasteiger partial charge in [-0.25, -0.2) is 10.4 Å². The molecule has 2 aromatic rings. The second-order valence-corrected chi connectivity index (χ2v) is 4.17. The van der Waals surface area contributed by atoms with Crippen molar-refractivity contribution in [1.29, 1.82) is 0 Å². The largest absolute Gasteiger partial charge is 0.497 e. The van der Waals surface area contributed by atoms with Gasteiger partial charge in [0, 0.05) is 18.8 Å². The Balaban J connectivity index is 2.47. The van der Waals surface area contributed by atoms with Crippen LogP contribution in [-0.2, 0) is 7.05 Å². The summed E-state index contributed by atoms with van der Waals surface area (Å²) in [6, 6.07) is 5.32. The lowest BCUT2D eigenvalue weighted by Gasteiger charge is -2.18. The third-order valence-corrected chi connectivity index (χ3v) is 2.94. The van der Waals surface area contributed by atoms with E-state index in [1.165, 1.54) is 0 Å². The summed E-state index contributed by atoms with van der Waals surface area (Å²) in [7, 11) is 5.15. The van der Waals surface area contributed by atoms with Crippen LogP contribution in [0.1, 0.15) is 17.3 Å². The predicted molar refractivity (Wildman–Crippen MR) is 71.9 cm³/mol. The number of hydrogen-bond acceptors (Lipinski definition) is 5. The number of benzene rings is 1. The summed E-state index contributed by atoms with van der Waals surface area (Å²) in [4.78, 5) is 4.32. The molecule has 0 saturated carbocycles. The minimum Gasteiger partial charge on any atom is -0.497 e. The molecule has 102 valence electrons. The monoisotopic (exact) mass is 262 g/mol. The minimum absolute atomic E-state index is 0.258. The SMILES string of the molecule is COc1ccc(OC)c(C(NN)c2cn(C)cn2)c1. The Morgan fingerprint density at radius 3 is 2.63 bits per heavy atom. The Labute approximate surface area is 112 Å².